The van der Waals surface area contributed by atoms with Gasteiger partial charge in [0.05, 0.1) is 6.54 Å². The molecule has 7 nitrogen and oxygen atoms in total. The lowest BCUT2D eigenvalue weighted by Gasteiger charge is -2.36. The highest BCUT2D eigenvalue weighted by Gasteiger charge is 2.40. The van der Waals surface area contributed by atoms with E-state index in [9.17, 15) is 9.59 Å². The second-order valence-corrected chi connectivity index (χ2v) is 8.68. The molecular formula is C21H22ClN3O4S. The highest BCUT2D eigenvalue weighted by molar-refractivity contribution is 7.09. The van der Waals surface area contributed by atoms with Crippen LogP contribution in [0.25, 0.3) is 0 Å². The molecule has 0 aliphatic carbocycles. The van der Waals surface area contributed by atoms with Gasteiger partial charge in [0, 0.05) is 35.8 Å². The third kappa shape index (κ3) is 4.95. The Morgan fingerprint density at radius 3 is 2.83 bits per heavy atom. The molecule has 158 valence electrons. The Morgan fingerprint density at radius 2 is 2.10 bits per heavy atom. The third-order valence-corrected chi connectivity index (χ3v) is 6.25. The zero-order chi connectivity index (χ0) is 21.0. The molecule has 1 saturated heterocycles. The standard InChI is InChI=1S/C21H22ClN3O4S/c22-15-3-1-4-16(11-15)28-14-19(26)25-8-6-21(7-9-25)12-18(24-29-21)20(27)23-13-17-5-2-10-30-17/h1-5,10-12,24H,6-9,13-14H2,(H,23,27). The summed E-state index contributed by atoms with van der Waals surface area (Å²) in [5.74, 6) is 0.274. The third-order valence-electron chi connectivity index (χ3n) is 5.14. The molecule has 2 N–H and O–H groups in total. The Balaban J connectivity index is 1.26. The summed E-state index contributed by atoms with van der Waals surface area (Å²) in [6.07, 6.45) is 3.04. The second kappa shape index (κ2) is 9.07. The molecule has 30 heavy (non-hydrogen) atoms. The molecule has 2 aromatic rings. The van der Waals surface area contributed by atoms with Crippen LogP contribution in [0.1, 0.15) is 17.7 Å². The number of benzene rings is 1. The van der Waals surface area contributed by atoms with Crippen molar-refractivity contribution >= 4 is 34.8 Å². The van der Waals surface area contributed by atoms with E-state index in [1.807, 2.05) is 23.6 Å². The average molecular weight is 448 g/mol. The number of nitrogens with zero attached hydrogens (tertiary/aromatic N) is 1. The van der Waals surface area contributed by atoms with E-state index in [0.29, 0.717) is 48.9 Å². The zero-order valence-electron chi connectivity index (χ0n) is 16.2. The average Bonchev–Trinajstić information content (AvgIpc) is 3.41. The number of amides is 2. The fraction of sp³-hybridized carbons (Fsp3) is 0.333. The molecule has 1 spiro atoms. The van der Waals surface area contributed by atoms with Crippen LogP contribution < -0.4 is 15.5 Å². The van der Waals surface area contributed by atoms with Gasteiger partial charge in [-0.25, -0.2) is 0 Å². The van der Waals surface area contributed by atoms with Crippen LogP contribution in [0.4, 0.5) is 0 Å². The quantitative estimate of drug-likeness (QED) is 0.711. The van der Waals surface area contributed by atoms with Crippen LogP contribution in [0.15, 0.2) is 53.6 Å². The van der Waals surface area contributed by atoms with Gasteiger partial charge in [0.25, 0.3) is 11.8 Å². The van der Waals surface area contributed by atoms with Gasteiger partial charge in [-0.2, -0.15) is 0 Å². The Morgan fingerprint density at radius 1 is 1.27 bits per heavy atom. The number of thiophene rings is 1. The lowest BCUT2D eigenvalue weighted by Crippen LogP contribution is -2.48. The SMILES string of the molecule is O=C(NCc1cccs1)C1=CC2(CCN(C(=O)COc3cccc(Cl)c3)CC2)ON1. The number of likely N-dealkylation sites (tertiary alicyclic amines) is 1. The van der Waals surface area contributed by atoms with Crippen molar-refractivity contribution in [2.75, 3.05) is 19.7 Å². The predicted octanol–water partition coefficient (Wildman–Crippen LogP) is 2.88. The van der Waals surface area contributed by atoms with E-state index in [0.717, 1.165) is 4.88 Å². The van der Waals surface area contributed by atoms with Crippen molar-refractivity contribution in [2.24, 2.45) is 0 Å². The molecule has 2 amide bonds. The summed E-state index contributed by atoms with van der Waals surface area (Å²) in [6.45, 7) is 1.50. The van der Waals surface area contributed by atoms with E-state index < -0.39 is 5.60 Å². The fourth-order valence-corrected chi connectivity index (χ4v) is 4.27. The summed E-state index contributed by atoms with van der Waals surface area (Å²) in [5, 5.41) is 5.42. The van der Waals surface area contributed by atoms with Gasteiger partial charge in [-0.3, -0.25) is 19.9 Å². The number of hydrogen-bond acceptors (Lipinski definition) is 6. The molecule has 1 aromatic heterocycles. The molecule has 3 heterocycles. The number of ether oxygens (including phenoxy) is 1. The molecule has 1 aromatic carbocycles. The number of halogens is 1. The zero-order valence-corrected chi connectivity index (χ0v) is 17.8. The number of hydroxylamine groups is 1. The number of rotatable bonds is 6. The Kier molecular flexibility index (Phi) is 6.26. The van der Waals surface area contributed by atoms with Crippen molar-refractivity contribution in [2.45, 2.75) is 25.0 Å². The molecule has 4 rings (SSSR count). The number of carbonyl (C=O) groups excluding carboxylic acids is 2. The first-order valence-corrected chi connectivity index (χ1v) is 10.9. The highest BCUT2D eigenvalue weighted by Crippen LogP contribution is 2.32. The van der Waals surface area contributed by atoms with Crippen molar-refractivity contribution in [3.05, 3.63) is 63.5 Å². The van der Waals surface area contributed by atoms with Crippen LogP contribution >= 0.6 is 22.9 Å². The maximum atomic E-state index is 12.5. The summed E-state index contributed by atoms with van der Waals surface area (Å²) < 4.78 is 5.54. The fourth-order valence-electron chi connectivity index (χ4n) is 3.44. The van der Waals surface area contributed by atoms with Gasteiger partial charge in [-0.1, -0.05) is 23.7 Å². The van der Waals surface area contributed by atoms with Gasteiger partial charge in [0.1, 0.15) is 17.0 Å². The van der Waals surface area contributed by atoms with Crippen LogP contribution in [-0.4, -0.2) is 42.0 Å². The summed E-state index contributed by atoms with van der Waals surface area (Å²) in [4.78, 5) is 33.4. The van der Waals surface area contributed by atoms with E-state index >= 15 is 0 Å². The van der Waals surface area contributed by atoms with E-state index in [-0.39, 0.29) is 18.4 Å². The van der Waals surface area contributed by atoms with E-state index in [1.165, 1.54) is 0 Å². The number of carbonyl (C=O) groups is 2. The molecule has 0 bridgehead atoms. The summed E-state index contributed by atoms with van der Waals surface area (Å²) in [7, 11) is 0. The molecule has 0 unspecified atom stereocenters. The van der Waals surface area contributed by atoms with E-state index in [4.69, 9.17) is 21.2 Å². The molecule has 0 atom stereocenters. The summed E-state index contributed by atoms with van der Waals surface area (Å²) in [5.41, 5.74) is 2.60. The van der Waals surface area contributed by atoms with Gasteiger partial charge in [-0.15, -0.1) is 11.3 Å². The number of hydrogen-bond donors (Lipinski definition) is 2. The van der Waals surface area contributed by atoms with Crippen LogP contribution in [0.5, 0.6) is 5.75 Å². The van der Waals surface area contributed by atoms with Crippen molar-refractivity contribution in [3.63, 3.8) is 0 Å². The molecule has 1 fully saturated rings. The smallest absolute Gasteiger partial charge is 0.269 e. The normalized spacial score (nSPS) is 17.4. The van der Waals surface area contributed by atoms with Crippen LogP contribution in [-0.2, 0) is 21.0 Å². The Hall–Kier alpha value is -2.55. The van der Waals surface area contributed by atoms with Gasteiger partial charge in [-0.05, 0) is 35.7 Å². The van der Waals surface area contributed by atoms with Gasteiger partial charge < -0.3 is 15.0 Å². The van der Waals surface area contributed by atoms with Gasteiger partial charge in [0.15, 0.2) is 6.61 Å². The molecule has 2 aliphatic rings. The van der Waals surface area contributed by atoms with Crippen molar-refractivity contribution in [3.8, 4) is 5.75 Å². The minimum absolute atomic E-state index is 0.0430. The monoisotopic (exact) mass is 447 g/mol. The summed E-state index contributed by atoms with van der Waals surface area (Å²) >= 11 is 7.52. The first kappa shape index (κ1) is 20.7. The van der Waals surface area contributed by atoms with Crippen LogP contribution in [0, 0.1) is 0 Å². The van der Waals surface area contributed by atoms with E-state index in [1.54, 1.807) is 40.5 Å². The lowest BCUT2D eigenvalue weighted by molar-refractivity contribution is -0.139. The number of piperidine rings is 1. The molecule has 0 radical (unpaired) electrons. The molecule has 2 aliphatic heterocycles. The minimum atomic E-state index is -0.569. The van der Waals surface area contributed by atoms with Gasteiger partial charge in [0.2, 0.25) is 0 Å². The maximum absolute atomic E-state index is 12.5. The number of nitrogens with one attached hydrogen (secondary N) is 2. The van der Waals surface area contributed by atoms with Crippen molar-refractivity contribution < 1.29 is 19.2 Å². The second-order valence-electron chi connectivity index (χ2n) is 7.22. The minimum Gasteiger partial charge on any atom is -0.484 e. The lowest BCUT2D eigenvalue weighted by atomic mass is 9.91. The predicted molar refractivity (Wildman–Crippen MR) is 114 cm³/mol. The van der Waals surface area contributed by atoms with Gasteiger partial charge >= 0.3 is 0 Å². The van der Waals surface area contributed by atoms with Crippen LogP contribution in [0.2, 0.25) is 5.02 Å². The largest absolute Gasteiger partial charge is 0.484 e. The maximum Gasteiger partial charge on any atom is 0.269 e. The molecule has 0 saturated carbocycles. The first-order valence-electron chi connectivity index (χ1n) is 9.67. The Labute approximate surface area is 183 Å². The summed E-state index contributed by atoms with van der Waals surface area (Å²) in [6, 6.07) is 10.9. The highest BCUT2D eigenvalue weighted by atomic mass is 35.5. The topological polar surface area (TPSA) is 79.9 Å². The molecular weight excluding hydrogens is 426 g/mol. The molecule has 9 heteroatoms. The van der Waals surface area contributed by atoms with E-state index in [2.05, 4.69) is 10.8 Å². The Bertz CT molecular complexity index is 939. The first-order chi connectivity index (χ1) is 14.5. The van der Waals surface area contributed by atoms with Crippen molar-refractivity contribution in [1.29, 1.82) is 0 Å². The van der Waals surface area contributed by atoms with Crippen LogP contribution in [0.3, 0.4) is 0 Å². The van der Waals surface area contributed by atoms with Crippen molar-refractivity contribution in [1.82, 2.24) is 15.7 Å².